The van der Waals surface area contributed by atoms with Crippen LogP contribution in [0.5, 0.6) is 0 Å². The first kappa shape index (κ1) is 7.21. The third-order valence-electron chi connectivity index (χ3n) is 0.989. The summed E-state index contributed by atoms with van der Waals surface area (Å²) in [7, 11) is 0. The van der Waals surface area contributed by atoms with E-state index in [1.165, 1.54) is 6.92 Å². The molecule has 0 aromatic heterocycles. The molecular weight excluding hydrogens is 104 g/mol. The molecule has 0 fully saturated rings. The molecule has 0 aliphatic carbocycles. The molecule has 0 saturated heterocycles. The van der Waals surface area contributed by atoms with Crippen molar-refractivity contribution >= 4 is 5.78 Å². The lowest BCUT2D eigenvalue weighted by atomic mass is 10.2. The minimum Gasteiger partial charge on any atom is -0.515 e. The molecule has 0 saturated carbocycles. The lowest BCUT2D eigenvalue weighted by Gasteiger charge is -1.91. The summed E-state index contributed by atoms with van der Waals surface area (Å²) in [6.07, 6.45) is 1.47. The van der Waals surface area contributed by atoms with Gasteiger partial charge in [-0.05, 0) is 13.3 Å². The highest BCUT2D eigenvalue weighted by molar-refractivity contribution is 5.92. The van der Waals surface area contributed by atoms with Gasteiger partial charge >= 0.3 is 0 Å². The van der Waals surface area contributed by atoms with Gasteiger partial charge in [0.1, 0.15) is 0 Å². The summed E-state index contributed by atoms with van der Waals surface area (Å²) in [5.74, 6) is -0.0602. The number of ketones is 1. The van der Waals surface area contributed by atoms with Gasteiger partial charge in [0.2, 0.25) is 0 Å². The van der Waals surface area contributed by atoms with Crippen LogP contribution in [-0.2, 0) is 4.79 Å². The second-order valence-corrected chi connectivity index (χ2v) is 1.56. The third-order valence-corrected chi connectivity index (χ3v) is 0.989. The molecule has 0 radical (unpaired) electrons. The minimum atomic E-state index is -0.0602. The molecule has 0 aliphatic rings. The van der Waals surface area contributed by atoms with Gasteiger partial charge in [0.25, 0.3) is 0 Å². The number of rotatable bonds is 2. The van der Waals surface area contributed by atoms with Gasteiger partial charge in [-0.25, -0.2) is 0 Å². The molecule has 0 aromatic carbocycles. The molecule has 1 N–H and O–H groups in total. The Hall–Kier alpha value is -0.790. The van der Waals surface area contributed by atoms with Crippen LogP contribution in [0.3, 0.4) is 0 Å². The molecule has 0 bridgehead atoms. The van der Waals surface area contributed by atoms with Crippen molar-refractivity contribution in [3.63, 3.8) is 0 Å². The van der Waals surface area contributed by atoms with Crippen LogP contribution in [0, 0.1) is 0 Å². The largest absolute Gasteiger partial charge is 0.515 e. The highest BCUT2D eigenvalue weighted by Crippen LogP contribution is 1.98. The molecule has 8 heavy (non-hydrogen) atoms. The van der Waals surface area contributed by atoms with Crippen molar-refractivity contribution in [3.05, 3.63) is 11.8 Å². The van der Waals surface area contributed by atoms with E-state index in [2.05, 4.69) is 0 Å². The van der Waals surface area contributed by atoms with E-state index in [4.69, 9.17) is 5.11 Å². The van der Waals surface area contributed by atoms with Gasteiger partial charge in [0.15, 0.2) is 5.78 Å². The Morgan fingerprint density at radius 2 is 2.25 bits per heavy atom. The van der Waals surface area contributed by atoms with E-state index in [-0.39, 0.29) is 5.78 Å². The standard InChI is InChI=1S/C6H10O2/c1-3-6(4-7)5(2)8/h4,7H,3H2,1-2H3/b6-4+. The molecule has 2 nitrogen and oxygen atoms in total. The molecular formula is C6H10O2. The van der Waals surface area contributed by atoms with Crippen molar-refractivity contribution < 1.29 is 9.90 Å². The third kappa shape index (κ3) is 1.78. The highest BCUT2D eigenvalue weighted by Gasteiger charge is 1.97. The highest BCUT2D eigenvalue weighted by atomic mass is 16.2. The van der Waals surface area contributed by atoms with Crippen molar-refractivity contribution in [2.75, 3.05) is 0 Å². The van der Waals surface area contributed by atoms with E-state index >= 15 is 0 Å². The topological polar surface area (TPSA) is 37.3 Å². The van der Waals surface area contributed by atoms with Crippen molar-refractivity contribution in [1.29, 1.82) is 0 Å². The first-order chi connectivity index (χ1) is 3.72. The predicted molar refractivity (Wildman–Crippen MR) is 31.7 cm³/mol. The first-order valence-electron chi connectivity index (χ1n) is 2.56. The molecule has 0 atom stereocenters. The molecule has 0 amide bonds. The Morgan fingerprint density at radius 1 is 1.75 bits per heavy atom. The van der Waals surface area contributed by atoms with Gasteiger partial charge in [0, 0.05) is 5.57 Å². The monoisotopic (exact) mass is 114 g/mol. The first-order valence-corrected chi connectivity index (χ1v) is 2.56. The predicted octanol–water partition coefficient (Wildman–Crippen LogP) is 1.43. The summed E-state index contributed by atoms with van der Waals surface area (Å²) in [6, 6.07) is 0. The summed E-state index contributed by atoms with van der Waals surface area (Å²) in [6.45, 7) is 3.26. The van der Waals surface area contributed by atoms with E-state index in [1.807, 2.05) is 6.92 Å². The van der Waals surface area contributed by atoms with Crippen LogP contribution in [0.2, 0.25) is 0 Å². The lowest BCUT2D eigenvalue weighted by molar-refractivity contribution is -0.113. The molecule has 0 rings (SSSR count). The van der Waals surface area contributed by atoms with E-state index in [0.717, 1.165) is 6.26 Å². The number of aliphatic hydroxyl groups excluding tert-OH is 1. The summed E-state index contributed by atoms with van der Waals surface area (Å²) < 4.78 is 0. The van der Waals surface area contributed by atoms with Crippen LogP contribution < -0.4 is 0 Å². The van der Waals surface area contributed by atoms with E-state index in [1.54, 1.807) is 0 Å². The van der Waals surface area contributed by atoms with E-state index in [9.17, 15) is 4.79 Å². The van der Waals surface area contributed by atoms with Crippen LogP contribution in [0.25, 0.3) is 0 Å². The minimum absolute atomic E-state index is 0.0602. The zero-order valence-electron chi connectivity index (χ0n) is 5.14. The zero-order valence-corrected chi connectivity index (χ0v) is 5.14. The maximum absolute atomic E-state index is 10.4. The maximum atomic E-state index is 10.4. The van der Waals surface area contributed by atoms with Gasteiger partial charge in [-0.15, -0.1) is 0 Å². The van der Waals surface area contributed by atoms with Gasteiger partial charge in [-0.1, -0.05) is 6.92 Å². The Balaban J connectivity index is 3.92. The normalized spacial score (nSPS) is 11.5. The van der Waals surface area contributed by atoms with Crippen molar-refractivity contribution in [3.8, 4) is 0 Å². The second kappa shape index (κ2) is 3.24. The van der Waals surface area contributed by atoms with Gasteiger partial charge in [0.05, 0.1) is 6.26 Å². The Morgan fingerprint density at radius 3 is 2.25 bits per heavy atom. The van der Waals surface area contributed by atoms with Crippen molar-refractivity contribution in [2.45, 2.75) is 20.3 Å². The molecule has 0 aromatic rings. The number of carbonyl (C=O) groups excluding carboxylic acids is 1. The smallest absolute Gasteiger partial charge is 0.158 e. The van der Waals surface area contributed by atoms with Gasteiger partial charge in [-0.3, -0.25) is 4.79 Å². The van der Waals surface area contributed by atoms with Crippen LogP contribution in [-0.4, -0.2) is 10.9 Å². The fourth-order valence-electron chi connectivity index (χ4n) is 0.431. The maximum Gasteiger partial charge on any atom is 0.158 e. The molecule has 46 valence electrons. The quantitative estimate of drug-likeness (QED) is 0.435. The number of aliphatic hydroxyl groups is 1. The molecule has 0 aliphatic heterocycles. The second-order valence-electron chi connectivity index (χ2n) is 1.56. The Kier molecular flexibility index (Phi) is 2.92. The fraction of sp³-hybridized carbons (Fsp3) is 0.500. The van der Waals surface area contributed by atoms with Crippen LogP contribution in [0.4, 0.5) is 0 Å². The van der Waals surface area contributed by atoms with Gasteiger partial charge in [-0.2, -0.15) is 0 Å². The van der Waals surface area contributed by atoms with Crippen LogP contribution in [0.15, 0.2) is 11.8 Å². The molecule has 0 heterocycles. The number of hydrogen-bond donors (Lipinski definition) is 1. The van der Waals surface area contributed by atoms with Gasteiger partial charge < -0.3 is 5.11 Å². The zero-order chi connectivity index (χ0) is 6.57. The van der Waals surface area contributed by atoms with Crippen LogP contribution in [0.1, 0.15) is 20.3 Å². The average molecular weight is 114 g/mol. The number of allylic oxidation sites excluding steroid dienone is 1. The lowest BCUT2D eigenvalue weighted by Crippen LogP contribution is -1.93. The number of hydrogen-bond acceptors (Lipinski definition) is 2. The summed E-state index contributed by atoms with van der Waals surface area (Å²) in [5.41, 5.74) is 0.477. The average Bonchev–Trinajstić information content (AvgIpc) is 1.69. The fourth-order valence-corrected chi connectivity index (χ4v) is 0.431. The summed E-state index contributed by atoms with van der Waals surface area (Å²) in [4.78, 5) is 10.4. The summed E-state index contributed by atoms with van der Waals surface area (Å²) >= 11 is 0. The van der Waals surface area contributed by atoms with Crippen molar-refractivity contribution in [1.82, 2.24) is 0 Å². The van der Waals surface area contributed by atoms with E-state index in [0.29, 0.717) is 12.0 Å². The number of Topliss-reactive ketones (excluding diaryl/α,β-unsaturated/α-hetero) is 1. The number of carbonyl (C=O) groups is 1. The summed E-state index contributed by atoms with van der Waals surface area (Å²) in [5, 5.41) is 8.31. The molecule has 2 heteroatoms. The molecule has 0 unspecified atom stereocenters. The molecule has 0 spiro atoms. The Labute approximate surface area is 48.8 Å². The Bertz CT molecular complexity index is 114. The SMILES string of the molecule is CC/C(=C\O)C(C)=O. The van der Waals surface area contributed by atoms with Crippen LogP contribution >= 0.6 is 0 Å². The van der Waals surface area contributed by atoms with E-state index < -0.39 is 0 Å². The van der Waals surface area contributed by atoms with Crippen molar-refractivity contribution in [2.24, 2.45) is 0 Å².